The number of esters is 1. The molecule has 98 valence electrons. The van der Waals surface area contributed by atoms with E-state index in [-0.39, 0.29) is 12.4 Å². The third-order valence-electron chi connectivity index (χ3n) is 2.33. The Morgan fingerprint density at radius 1 is 1.32 bits per heavy atom. The van der Waals surface area contributed by atoms with Crippen LogP contribution in [-0.2, 0) is 11.3 Å². The molecule has 0 radical (unpaired) electrons. The van der Waals surface area contributed by atoms with Crippen molar-refractivity contribution in [1.29, 1.82) is 0 Å². The van der Waals surface area contributed by atoms with Crippen molar-refractivity contribution in [2.45, 2.75) is 16.5 Å². The van der Waals surface area contributed by atoms with Gasteiger partial charge in [0.05, 0.1) is 13.7 Å². The Labute approximate surface area is 114 Å². The summed E-state index contributed by atoms with van der Waals surface area (Å²) in [7, 11) is 1.29. The standard InChI is InChI=1S/C13H12N2O3S/c1-18-13(17)12-14-7-6-11(15-12)19-10-4-2-9(8-16)3-5-10/h2-7,16H,8H2,1H3. The minimum atomic E-state index is -0.557. The molecule has 0 bridgehead atoms. The van der Waals surface area contributed by atoms with E-state index >= 15 is 0 Å². The second kappa shape index (κ2) is 6.31. The third kappa shape index (κ3) is 3.52. The summed E-state index contributed by atoms with van der Waals surface area (Å²) >= 11 is 1.41. The minimum absolute atomic E-state index is 0.0188. The van der Waals surface area contributed by atoms with Gasteiger partial charge in [-0.25, -0.2) is 14.8 Å². The fourth-order valence-electron chi connectivity index (χ4n) is 1.37. The molecule has 0 aliphatic heterocycles. The second-order valence-electron chi connectivity index (χ2n) is 3.61. The number of ether oxygens (including phenoxy) is 1. The molecule has 1 aromatic heterocycles. The Hall–Kier alpha value is -1.92. The molecule has 0 spiro atoms. The number of benzene rings is 1. The van der Waals surface area contributed by atoms with Gasteiger partial charge >= 0.3 is 5.97 Å². The van der Waals surface area contributed by atoms with Crippen LogP contribution in [0, 0.1) is 0 Å². The van der Waals surface area contributed by atoms with Crippen LogP contribution in [0.1, 0.15) is 16.2 Å². The first kappa shape index (κ1) is 13.5. The fraction of sp³-hybridized carbons (Fsp3) is 0.154. The van der Waals surface area contributed by atoms with Gasteiger partial charge in [0.2, 0.25) is 5.82 Å². The van der Waals surface area contributed by atoms with Gasteiger partial charge in [0.15, 0.2) is 0 Å². The topological polar surface area (TPSA) is 72.3 Å². The van der Waals surface area contributed by atoms with E-state index in [1.807, 2.05) is 24.3 Å². The van der Waals surface area contributed by atoms with Gasteiger partial charge in [-0.1, -0.05) is 23.9 Å². The number of carbonyl (C=O) groups is 1. The van der Waals surface area contributed by atoms with Crippen LogP contribution in [0.4, 0.5) is 0 Å². The molecule has 0 saturated heterocycles. The average Bonchev–Trinajstić information content (AvgIpc) is 2.47. The summed E-state index contributed by atoms with van der Waals surface area (Å²) in [6.07, 6.45) is 1.52. The Morgan fingerprint density at radius 2 is 2.05 bits per heavy atom. The minimum Gasteiger partial charge on any atom is -0.463 e. The van der Waals surface area contributed by atoms with Gasteiger partial charge in [-0.05, 0) is 23.8 Å². The number of aliphatic hydroxyl groups is 1. The average molecular weight is 276 g/mol. The zero-order valence-electron chi connectivity index (χ0n) is 10.2. The normalized spacial score (nSPS) is 10.2. The third-order valence-corrected chi connectivity index (χ3v) is 3.27. The Morgan fingerprint density at radius 3 is 2.68 bits per heavy atom. The quantitative estimate of drug-likeness (QED) is 0.679. The van der Waals surface area contributed by atoms with Crippen LogP contribution in [0.5, 0.6) is 0 Å². The summed E-state index contributed by atoms with van der Waals surface area (Å²) in [6, 6.07) is 9.17. The fourth-order valence-corrected chi connectivity index (χ4v) is 2.15. The van der Waals surface area contributed by atoms with E-state index in [1.165, 1.54) is 25.1 Å². The van der Waals surface area contributed by atoms with Crippen molar-refractivity contribution >= 4 is 17.7 Å². The molecule has 0 fully saturated rings. The molecule has 0 aliphatic rings. The molecular weight excluding hydrogens is 264 g/mol. The van der Waals surface area contributed by atoms with E-state index < -0.39 is 5.97 Å². The highest BCUT2D eigenvalue weighted by atomic mass is 32.2. The number of rotatable bonds is 4. The monoisotopic (exact) mass is 276 g/mol. The SMILES string of the molecule is COC(=O)c1nccc(Sc2ccc(CO)cc2)n1. The molecule has 0 amide bonds. The van der Waals surface area contributed by atoms with Gasteiger partial charge in [0.1, 0.15) is 5.03 Å². The molecular formula is C13H12N2O3S. The summed E-state index contributed by atoms with van der Waals surface area (Å²) in [6.45, 7) is 0.0188. The van der Waals surface area contributed by atoms with Crippen LogP contribution < -0.4 is 0 Å². The molecule has 1 aromatic carbocycles. The van der Waals surface area contributed by atoms with Crippen molar-refractivity contribution in [3.63, 3.8) is 0 Å². The van der Waals surface area contributed by atoms with Crippen molar-refractivity contribution in [2.24, 2.45) is 0 Å². The van der Waals surface area contributed by atoms with Gasteiger partial charge < -0.3 is 9.84 Å². The van der Waals surface area contributed by atoms with Gasteiger partial charge in [0, 0.05) is 11.1 Å². The van der Waals surface area contributed by atoms with E-state index in [9.17, 15) is 4.79 Å². The summed E-state index contributed by atoms with van der Waals surface area (Å²) < 4.78 is 4.57. The van der Waals surface area contributed by atoms with E-state index in [2.05, 4.69) is 14.7 Å². The predicted molar refractivity (Wildman–Crippen MR) is 69.9 cm³/mol. The summed E-state index contributed by atoms with van der Waals surface area (Å²) in [5.41, 5.74) is 0.849. The molecule has 19 heavy (non-hydrogen) atoms. The van der Waals surface area contributed by atoms with Crippen LogP contribution in [0.15, 0.2) is 46.5 Å². The molecule has 2 aromatic rings. The van der Waals surface area contributed by atoms with Crippen LogP contribution in [0.2, 0.25) is 0 Å². The van der Waals surface area contributed by atoms with Crippen molar-refractivity contribution in [3.8, 4) is 0 Å². The van der Waals surface area contributed by atoms with Crippen molar-refractivity contribution in [2.75, 3.05) is 7.11 Å². The van der Waals surface area contributed by atoms with Gasteiger partial charge in [-0.2, -0.15) is 0 Å². The highest BCUT2D eigenvalue weighted by Crippen LogP contribution is 2.25. The number of aromatic nitrogens is 2. The molecule has 2 rings (SSSR count). The molecule has 0 unspecified atom stereocenters. The number of aliphatic hydroxyl groups excluding tert-OH is 1. The predicted octanol–water partition coefficient (Wildman–Crippen LogP) is 1.91. The van der Waals surface area contributed by atoms with Crippen molar-refractivity contribution in [1.82, 2.24) is 9.97 Å². The molecule has 0 saturated carbocycles. The Kier molecular flexibility index (Phi) is 4.48. The maximum Gasteiger partial charge on any atom is 0.376 e. The summed E-state index contributed by atoms with van der Waals surface area (Å²) in [5, 5.41) is 9.62. The number of methoxy groups -OCH3 is 1. The van der Waals surface area contributed by atoms with Gasteiger partial charge in [0.25, 0.3) is 0 Å². The van der Waals surface area contributed by atoms with E-state index in [0.29, 0.717) is 5.03 Å². The zero-order chi connectivity index (χ0) is 13.7. The number of hydrogen-bond acceptors (Lipinski definition) is 6. The maximum absolute atomic E-state index is 11.3. The Bertz CT molecular complexity index is 572. The lowest BCUT2D eigenvalue weighted by Crippen LogP contribution is -2.07. The second-order valence-corrected chi connectivity index (χ2v) is 4.71. The van der Waals surface area contributed by atoms with Crippen molar-refractivity contribution in [3.05, 3.63) is 47.9 Å². The highest BCUT2D eigenvalue weighted by molar-refractivity contribution is 7.99. The molecule has 1 N–H and O–H groups in total. The number of nitrogens with zero attached hydrogens (tertiary/aromatic N) is 2. The van der Waals surface area contributed by atoms with Gasteiger partial charge in [-0.15, -0.1) is 0 Å². The number of carbonyl (C=O) groups excluding carboxylic acids is 1. The lowest BCUT2D eigenvalue weighted by Gasteiger charge is -2.03. The summed E-state index contributed by atoms with van der Waals surface area (Å²) in [4.78, 5) is 20.2. The van der Waals surface area contributed by atoms with Gasteiger partial charge in [-0.3, -0.25) is 0 Å². The summed E-state index contributed by atoms with van der Waals surface area (Å²) in [5.74, 6) is -0.516. The largest absolute Gasteiger partial charge is 0.463 e. The van der Waals surface area contributed by atoms with Crippen LogP contribution in [0.3, 0.4) is 0 Å². The van der Waals surface area contributed by atoms with E-state index in [0.717, 1.165) is 10.5 Å². The highest BCUT2D eigenvalue weighted by Gasteiger charge is 2.10. The number of hydrogen-bond donors (Lipinski definition) is 1. The lowest BCUT2D eigenvalue weighted by molar-refractivity contribution is 0.0585. The van der Waals surface area contributed by atoms with E-state index in [4.69, 9.17) is 5.11 Å². The maximum atomic E-state index is 11.3. The van der Waals surface area contributed by atoms with Crippen LogP contribution in [0.25, 0.3) is 0 Å². The first-order valence-electron chi connectivity index (χ1n) is 5.52. The van der Waals surface area contributed by atoms with Crippen molar-refractivity contribution < 1.29 is 14.6 Å². The molecule has 1 heterocycles. The zero-order valence-corrected chi connectivity index (χ0v) is 11.1. The smallest absolute Gasteiger partial charge is 0.376 e. The first-order valence-corrected chi connectivity index (χ1v) is 6.33. The molecule has 0 aliphatic carbocycles. The Balaban J connectivity index is 2.16. The molecule has 0 atom stereocenters. The van der Waals surface area contributed by atoms with Crippen LogP contribution in [-0.4, -0.2) is 28.2 Å². The van der Waals surface area contributed by atoms with E-state index in [1.54, 1.807) is 6.07 Å². The molecule has 6 heteroatoms. The first-order chi connectivity index (χ1) is 9.22. The van der Waals surface area contributed by atoms with Crippen LogP contribution >= 0.6 is 11.8 Å². The lowest BCUT2D eigenvalue weighted by atomic mass is 10.2. The molecule has 5 nitrogen and oxygen atoms in total.